The number of hydrogen-bond donors (Lipinski definition) is 1. The molecule has 0 aliphatic carbocycles. The van der Waals surface area contributed by atoms with Crippen LogP contribution in [0.25, 0.3) is 0 Å². The van der Waals surface area contributed by atoms with E-state index < -0.39 is 26.6 Å². The Hall–Kier alpha value is -2.55. The third-order valence-corrected chi connectivity index (χ3v) is 16.1. The summed E-state index contributed by atoms with van der Waals surface area (Å²) in [6.45, 7) is 6.75. The molecule has 0 aliphatic heterocycles. The molecule has 0 bridgehead atoms. The van der Waals surface area contributed by atoms with Gasteiger partial charge in [0.1, 0.15) is 19.3 Å². The van der Waals surface area contributed by atoms with E-state index in [9.17, 15) is 19.0 Å². The zero-order valence-corrected chi connectivity index (χ0v) is 54.9. The van der Waals surface area contributed by atoms with Crippen LogP contribution in [0.1, 0.15) is 316 Å². The summed E-state index contributed by atoms with van der Waals surface area (Å²) >= 11 is 0. The van der Waals surface area contributed by atoms with E-state index in [4.69, 9.17) is 13.8 Å². The number of carbonyl (C=O) groups excluding carboxylic acids is 2. The monoisotopic (exact) mass is 1150 g/mol. The lowest BCUT2D eigenvalue weighted by atomic mass is 10.0. The lowest BCUT2D eigenvalue weighted by Gasteiger charge is -2.30. The summed E-state index contributed by atoms with van der Waals surface area (Å²) in [4.78, 5) is 40.1. The topological polar surface area (TPSA) is 114 Å². The minimum atomic E-state index is -4.70. The van der Waals surface area contributed by atoms with Crippen molar-refractivity contribution >= 4 is 19.7 Å². The largest absolute Gasteiger partial charge is 0.756 e. The number of carbonyl (C=O) groups is 2. The van der Waals surface area contributed by atoms with E-state index in [0.29, 0.717) is 17.4 Å². The van der Waals surface area contributed by atoms with E-state index in [1.165, 1.54) is 180 Å². The quantitative estimate of drug-likeness (QED) is 0.0212. The molecule has 1 amide bonds. The lowest BCUT2D eigenvalue weighted by molar-refractivity contribution is -0.870. The van der Waals surface area contributed by atoms with Gasteiger partial charge in [0.25, 0.3) is 7.82 Å². The van der Waals surface area contributed by atoms with Crippen LogP contribution in [0.4, 0.5) is 0 Å². The number of allylic oxidation sites excluding steroid dienone is 11. The molecule has 0 aliphatic rings. The minimum Gasteiger partial charge on any atom is -0.756 e. The summed E-state index contributed by atoms with van der Waals surface area (Å²) in [6.07, 6.45) is 78.8. The summed E-state index contributed by atoms with van der Waals surface area (Å²) in [5, 5.41) is 3.04. The molecule has 472 valence electrons. The summed E-state index contributed by atoms with van der Waals surface area (Å²) in [5.41, 5.74) is 0. The molecule has 0 saturated heterocycles. The molecule has 0 aromatic heterocycles. The molecule has 0 radical (unpaired) electrons. The van der Waals surface area contributed by atoms with Gasteiger partial charge < -0.3 is 28.5 Å². The smallest absolute Gasteiger partial charge is 0.306 e. The maximum Gasteiger partial charge on any atom is 0.306 e. The van der Waals surface area contributed by atoms with Gasteiger partial charge in [-0.3, -0.25) is 14.2 Å². The number of likely N-dealkylation sites (N-methyl/N-ethyl adjacent to an activating group) is 1. The fourth-order valence-corrected chi connectivity index (χ4v) is 10.6. The molecule has 0 heterocycles. The first kappa shape index (κ1) is 78.5. The van der Waals surface area contributed by atoms with Crippen molar-refractivity contribution in [1.29, 1.82) is 0 Å². The van der Waals surface area contributed by atoms with Crippen LogP contribution in [-0.4, -0.2) is 69.4 Å². The van der Waals surface area contributed by atoms with Crippen LogP contribution in [0.15, 0.2) is 72.9 Å². The van der Waals surface area contributed by atoms with Gasteiger partial charge in [0, 0.05) is 12.8 Å². The van der Waals surface area contributed by atoms with Gasteiger partial charge >= 0.3 is 5.97 Å². The van der Waals surface area contributed by atoms with E-state index in [-0.39, 0.29) is 24.9 Å². The highest BCUT2D eigenvalue weighted by Gasteiger charge is 2.27. The van der Waals surface area contributed by atoms with Gasteiger partial charge in [0.05, 0.1) is 33.8 Å². The van der Waals surface area contributed by atoms with Crippen molar-refractivity contribution in [2.24, 2.45) is 0 Å². The highest BCUT2D eigenvalue weighted by atomic mass is 31.2. The van der Waals surface area contributed by atoms with Gasteiger partial charge in [-0.1, -0.05) is 299 Å². The zero-order chi connectivity index (χ0) is 59.3. The maximum absolute atomic E-state index is 13.6. The molecule has 0 aromatic carbocycles. The van der Waals surface area contributed by atoms with Crippen molar-refractivity contribution in [3.05, 3.63) is 72.9 Å². The summed E-state index contributed by atoms with van der Waals surface area (Å²) in [5.74, 6) is -0.538. The number of nitrogens with one attached hydrogen (secondary N) is 1. The maximum atomic E-state index is 13.6. The van der Waals surface area contributed by atoms with Gasteiger partial charge in [0.2, 0.25) is 5.91 Å². The molecular weight excluding hydrogens is 1020 g/mol. The standard InChI is InChI=1S/C71H131N2O7P/c1-7-10-13-16-19-22-25-27-29-31-33-34-35-36-37-38-40-41-43-45-48-51-54-57-60-63-70(74)72-68(67-79-81(76,77)78-66-65-73(4,5)6)69(62-59-56-53-50-47-24-21-18-15-12-9-3)80-71(75)64-61-58-55-52-49-46-44-42-39-32-30-28-26-23-20-17-14-11-8-2/h10,13,19,22,27,29,33-34,36-37,59,62,68-69H,7-9,11-12,14-18,20-21,23-26,28,30-32,35,38-58,60-61,63-67H2,1-6H3,(H-,72,74,76,77)/b13-10-,22-19-,29-27-,34-33-,37-36-,62-59-. The van der Waals surface area contributed by atoms with Crippen LogP contribution < -0.4 is 10.2 Å². The molecule has 0 fully saturated rings. The molecule has 9 nitrogen and oxygen atoms in total. The second-order valence-corrected chi connectivity index (χ2v) is 25.7. The second-order valence-electron chi connectivity index (χ2n) is 24.3. The number of quaternary nitrogens is 1. The van der Waals surface area contributed by atoms with E-state index >= 15 is 0 Å². The highest BCUT2D eigenvalue weighted by molar-refractivity contribution is 7.45. The molecule has 81 heavy (non-hydrogen) atoms. The highest BCUT2D eigenvalue weighted by Crippen LogP contribution is 2.38. The van der Waals surface area contributed by atoms with Crippen molar-refractivity contribution < 1.29 is 37.3 Å². The number of nitrogens with zero attached hydrogens (tertiary/aromatic N) is 1. The Morgan fingerprint density at radius 3 is 1.19 bits per heavy atom. The fourth-order valence-electron chi connectivity index (χ4n) is 9.90. The van der Waals surface area contributed by atoms with E-state index in [0.717, 1.165) is 103 Å². The number of hydrogen-bond acceptors (Lipinski definition) is 7. The second kappa shape index (κ2) is 60.6. The molecule has 3 unspecified atom stereocenters. The number of phosphoric acid groups is 1. The summed E-state index contributed by atoms with van der Waals surface area (Å²) in [6, 6.07) is -0.892. The van der Waals surface area contributed by atoms with Gasteiger partial charge in [-0.15, -0.1) is 0 Å². The van der Waals surface area contributed by atoms with E-state index in [1.54, 1.807) is 0 Å². The van der Waals surface area contributed by atoms with Crippen LogP contribution in [0.2, 0.25) is 0 Å². The Kier molecular flexibility index (Phi) is 58.7. The molecule has 0 aromatic rings. The number of unbranched alkanes of at least 4 members (excludes halogenated alkanes) is 36. The molecule has 1 N–H and O–H groups in total. The first-order chi connectivity index (χ1) is 39.4. The SMILES string of the molecule is CC/C=C\C/C=C\C/C=C\C/C=C\C/C=C\CCCCCCCCCCCC(=O)NC(COP(=O)([O-])OCC[N+](C)(C)C)C(/C=C\CCCCCCCCCCC)OC(=O)CCCCCCCCCCCCCCCCCCCCC. The van der Waals surface area contributed by atoms with E-state index in [1.807, 2.05) is 33.3 Å². The molecule has 3 atom stereocenters. The average Bonchev–Trinajstić information content (AvgIpc) is 3.44. The van der Waals surface area contributed by atoms with Crippen molar-refractivity contribution in [2.45, 2.75) is 328 Å². The van der Waals surface area contributed by atoms with Crippen LogP contribution in [-0.2, 0) is 27.9 Å². The van der Waals surface area contributed by atoms with Gasteiger partial charge in [-0.25, -0.2) is 0 Å². The number of amides is 1. The van der Waals surface area contributed by atoms with Crippen molar-refractivity contribution in [3.63, 3.8) is 0 Å². The minimum absolute atomic E-state index is 0.0242. The van der Waals surface area contributed by atoms with Gasteiger partial charge in [-0.2, -0.15) is 0 Å². The summed E-state index contributed by atoms with van der Waals surface area (Å²) < 4.78 is 30.4. The molecule has 10 heteroatoms. The zero-order valence-electron chi connectivity index (χ0n) is 54.0. The number of ether oxygens (including phenoxy) is 1. The van der Waals surface area contributed by atoms with E-state index in [2.05, 4.69) is 86.8 Å². The molecule has 0 saturated carbocycles. The number of rotatable bonds is 62. The lowest BCUT2D eigenvalue weighted by Crippen LogP contribution is -2.47. The molecule has 0 spiro atoms. The number of esters is 1. The first-order valence-corrected chi connectivity index (χ1v) is 35.7. The first-order valence-electron chi connectivity index (χ1n) is 34.2. The normalized spacial score (nSPS) is 14.0. The van der Waals surface area contributed by atoms with Crippen molar-refractivity contribution in [1.82, 2.24) is 5.32 Å². The van der Waals surface area contributed by atoms with Gasteiger partial charge in [-0.05, 0) is 76.7 Å². The van der Waals surface area contributed by atoms with Crippen LogP contribution in [0.3, 0.4) is 0 Å². The third-order valence-electron chi connectivity index (χ3n) is 15.2. The van der Waals surface area contributed by atoms with Crippen LogP contribution in [0, 0.1) is 0 Å². The summed E-state index contributed by atoms with van der Waals surface area (Å²) in [7, 11) is 1.18. The van der Waals surface area contributed by atoms with Gasteiger partial charge in [0.15, 0.2) is 0 Å². The fraction of sp³-hybridized carbons (Fsp3) is 0.803. The Balaban J connectivity index is 5.07. The Morgan fingerprint density at radius 1 is 0.444 bits per heavy atom. The molecular formula is C71H131N2O7P. The Morgan fingerprint density at radius 2 is 0.790 bits per heavy atom. The number of phosphoric ester groups is 1. The van der Waals surface area contributed by atoms with Crippen LogP contribution in [0.5, 0.6) is 0 Å². The molecule has 0 rings (SSSR count). The predicted molar refractivity (Wildman–Crippen MR) is 348 cm³/mol. The predicted octanol–water partition coefficient (Wildman–Crippen LogP) is 20.9. The third kappa shape index (κ3) is 61.8. The van der Waals surface area contributed by atoms with Crippen molar-refractivity contribution in [3.8, 4) is 0 Å². The Labute approximate surface area is 502 Å². The van der Waals surface area contributed by atoms with Crippen molar-refractivity contribution in [2.75, 3.05) is 40.9 Å². The Bertz CT molecular complexity index is 1620. The van der Waals surface area contributed by atoms with Crippen LogP contribution >= 0.6 is 7.82 Å². The average molecular weight is 1160 g/mol.